The zero-order valence-corrected chi connectivity index (χ0v) is 11.5. The summed E-state index contributed by atoms with van der Waals surface area (Å²) in [5.41, 5.74) is 8.79. The SMILES string of the molecule is Cc1nn(-c2cccc(CS(=O)(=O)O)c2)c(N)c1C. The van der Waals surface area contributed by atoms with Crippen LogP contribution in [0.15, 0.2) is 24.3 Å². The van der Waals surface area contributed by atoms with E-state index in [1.54, 1.807) is 28.9 Å². The van der Waals surface area contributed by atoms with Crippen LogP contribution in [0.25, 0.3) is 5.69 Å². The molecule has 2 aromatic rings. The van der Waals surface area contributed by atoms with E-state index in [0.717, 1.165) is 11.3 Å². The van der Waals surface area contributed by atoms with Gasteiger partial charge >= 0.3 is 0 Å². The smallest absolute Gasteiger partial charge is 0.269 e. The van der Waals surface area contributed by atoms with Crippen molar-refractivity contribution in [2.45, 2.75) is 19.6 Å². The zero-order valence-electron chi connectivity index (χ0n) is 10.7. The minimum absolute atomic E-state index is 0.431. The Morgan fingerprint density at radius 2 is 2.05 bits per heavy atom. The van der Waals surface area contributed by atoms with Gasteiger partial charge in [-0.3, -0.25) is 4.55 Å². The second kappa shape index (κ2) is 4.67. The molecule has 0 aliphatic carbocycles. The maximum atomic E-state index is 10.9. The molecule has 1 aromatic carbocycles. The van der Waals surface area contributed by atoms with Crippen LogP contribution in [0.3, 0.4) is 0 Å². The Hall–Kier alpha value is -1.86. The van der Waals surface area contributed by atoms with Gasteiger partial charge in [0.1, 0.15) is 11.6 Å². The van der Waals surface area contributed by atoms with E-state index < -0.39 is 15.9 Å². The minimum atomic E-state index is -4.05. The average Bonchev–Trinajstić information content (AvgIpc) is 2.55. The number of hydrogen-bond acceptors (Lipinski definition) is 4. The Morgan fingerprint density at radius 1 is 1.37 bits per heavy atom. The van der Waals surface area contributed by atoms with Crippen LogP contribution in [0, 0.1) is 13.8 Å². The van der Waals surface area contributed by atoms with E-state index in [2.05, 4.69) is 5.10 Å². The second-order valence-corrected chi connectivity index (χ2v) is 5.86. The van der Waals surface area contributed by atoms with Crippen LogP contribution in [0.5, 0.6) is 0 Å². The van der Waals surface area contributed by atoms with E-state index in [1.165, 1.54) is 0 Å². The van der Waals surface area contributed by atoms with Crippen molar-refractivity contribution in [2.24, 2.45) is 0 Å². The van der Waals surface area contributed by atoms with E-state index in [-0.39, 0.29) is 0 Å². The number of benzene rings is 1. The predicted octanol–water partition coefficient (Wildman–Crippen LogP) is 1.46. The Labute approximate surface area is 111 Å². The van der Waals surface area contributed by atoms with Gasteiger partial charge in [-0.1, -0.05) is 12.1 Å². The Bertz CT molecular complexity index is 720. The first-order chi connectivity index (χ1) is 8.78. The van der Waals surface area contributed by atoms with Crippen molar-refractivity contribution >= 4 is 15.9 Å². The Balaban J connectivity index is 2.46. The fourth-order valence-electron chi connectivity index (χ4n) is 1.81. The average molecular weight is 281 g/mol. The third kappa shape index (κ3) is 2.94. The summed E-state index contributed by atoms with van der Waals surface area (Å²) < 4.78 is 32.2. The van der Waals surface area contributed by atoms with Crippen molar-refractivity contribution in [3.05, 3.63) is 41.1 Å². The van der Waals surface area contributed by atoms with Gasteiger partial charge in [0.2, 0.25) is 0 Å². The van der Waals surface area contributed by atoms with Gasteiger partial charge in [0, 0.05) is 5.56 Å². The van der Waals surface area contributed by atoms with Crippen molar-refractivity contribution < 1.29 is 13.0 Å². The van der Waals surface area contributed by atoms with Crippen molar-refractivity contribution in [3.8, 4) is 5.69 Å². The molecule has 0 saturated heterocycles. The molecule has 0 aliphatic rings. The molecular weight excluding hydrogens is 266 g/mol. The number of hydrogen-bond donors (Lipinski definition) is 2. The van der Waals surface area contributed by atoms with Gasteiger partial charge in [0.05, 0.1) is 11.4 Å². The zero-order chi connectivity index (χ0) is 14.2. The lowest BCUT2D eigenvalue weighted by Crippen LogP contribution is -2.05. The molecule has 0 fully saturated rings. The lowest BCUT2D eigenvalue weighted by atomic mass is 10.2. The highest BCUT2D eigenvalue weighted by atomic mass is 32.2. The number of nitrogens with two attached hydrogens (primary N) is 1. The molecule has 3 N–H and O–H groups in total. The summed E-state index contributed by atoms with van der Waals surface area (Å²) in [5.74, 6) is 0.0847. The number of aryl methyl sites for hydroxylation is 1. The van der Waals surface area contributed by atoms with Crippen molar-refractivity contribution in [2.75, 3.05) is 5.73 Å². The van der Waals surface area contributed by atoms with Gasteiger partial charge in [-0.15, -0.1) is 0 Å². The molecule has 1 aromatic heterocycles. The van der Waals surface area contributed by atoms with E-state index in [4.69, 9.17) is 10.3 Å². The molecular formula is C12H15N3O3S. The molecule has 6 nitrogen and oxygen atoms in total. The molecule has 0 aliphatic heterocycles. The van der Waals surface area contributed by atoms with Gasteiger partial charge in [-0.25, -0.2) is 4.68 Å². The Morgan fingerprint density at radius 3 is 2.58 bits per heavy atom. The highest BCUT2D eigenvalue weighted by Gasteiger charge is 2.12. The third-order valence-electron chi connectivity index (χ3n) is 2.91. The maximum absolute atomic E-state index is 10.9. The van der Waals surface area contributed by atoms with Gasteiger partial charge in [0.25, 0.3) is 10.1 Å². The van der Waals surface area contributed by atoms with E-state index >= 15 is 0 Å². The molecule has 19 heavy (non-hydrogen) atoms. The number of anilines is 1. The summed E-state index contributed by atoms with van der Waals surface area (Å²) >= 11 is 0. The molecule has 0 unspecified atom stereocenters. The maximum Gasteiger partial charge on any atom is 0.269 e. The highest BCUT2D eigenvalue weighted by Crippen LogP contribution is 2.20. The quantitative estimate of drug-likeness (QED) is 0.830. The normalized spacial score (nSPS) is 11.7. The molecule has 0 amide bonds. The molecule has 102 valence electrons. The number of aromatic nitrogens is 2. The Kier molecular flexibility index (Phi) is 3.34. The molecule has 0 bridgehead atoms. The first kappa shape index (κ1) is 13.6. The summed E-state index contributed by atoms with van der Waals surface area (Å²) in [6.07, 6.45) is 0. The van der Waals surface area contributed by atoms with Crippen LogP contribution in [0.2, 0.25) is 0 Å². The molecule has 0 atom stereocenters. The van der Waals surface area contributed by atoms with Crippen LogP contribution in [-0.2, 0) is 15.9 Å². The largest absolute Gasteiger partial charge is 0.383 e. The van der Waals surface area contributed by atoms with Crippen molar-refractivity contribution in [1.29, 1.82) is 0 Å². The molecule has 1 heterocycles. The van der Waals surface area contributed by atoms with Crippen LogP contribution in [-0.4, -0.2) is 22.8 Å². The molecule has 0 radical (unpaired) electrons. The standard InChI is InChI=1S/C12H15N3O3S/c1-8-9(2)14-15(12(8)13)11-5-3-4-10(6-11)7-19(16,17)18/h3-6H,7,13H2,1-2H3,(H,16,17,18). The molecule has 0 spiro atoms. The van der Waals surface area contributed by atoms with Crippen molar-refractivity contribution in [3.63, 3.8) is 0 Å². The van der Waals surface area contributed by atoms with Gasteiger partial charge in [0.15, 0.2) is 0 Å². The predicted molar refractivity (Wildman–Crippen MR) is 72.7 cm³/mol. The highest BCUT2D eigenvalue weighted by molar-refractivity contribution is 7.85. The van der Waals surface area contributed by atoms with Crippen LogP contribution in [0.4, 0.5) is 5.82 Å². The van der Waals surface area contributed by atoms with E-state index in [9.17, 15) is 8.42 Å². The summed E-state index contributed by atoms with van der Waals surface area (Å²) in [6, 6.07) is 6.73. The van der Waals surface area contributed by atoms with Gasteiger partial charge in [-0.05, 0) is 31.5 Å². The summed E-state index contributed by atoms with van der Waals surface area (Å²) in [5, 5.41) is 4.30. The monoisotopic (exact) mass is 281 g/mol. The van der Waals surface area contributed by atoms with E-state index in [1.807, 2.05) is 13.8 Å². The lowest BCUT2D eigenvalue weighted by Gasteiger charge is -2.06. The van der Waals surface area contributed by atoms with Gasteiger partial charge < -0.3 is 5.73 Å². The number of rotatable bonds is 3. The number of nitrogens with zero attached hydrogens (tertiary/aromatic N) is 2. The van der Waals surface area contributed by atoms with Crippen LogP contribution < -0.4 is 5.73 Å². The lowest BCUT2D eigenvalue weighted by molar-refractivity contribution is 0.482. The van der Waals surface area contributed by atoms with Crippen LogP contribution >= 0.6 is 0 Å². The molecule has 7 heteroatoms. The summed E-state index contributed by atoms with van der Waals surface area (Å²) in [4.78, 5) is 0. The van der Waals surface area contributed by atoms with E-state index in [0.29, 0.717) is 17.1 Å². The second-order valence-electron chi connectivity index (χ2n) is 4.40. The molecule has 0 saturated carbocycles. The topological polar surface area (TPSA) is 98.2 Å². The van der Waals surface area contributed by atoms with Crippen molar-refractivity contribution in [1.82, 2.24) is 9.78 Å². The summed E-state index contributed by atoms with van der Waals surface area (Å²) in [6.45, 7) is 3.72. The number of nitrogen functional groups attached to an aromatic ring is 1. The fraction of sp³-hybridized carbons (Fsp3) is 0.250. The first-order valence-electron chi connectivity index (χ1n) is 5.64. The third-order valence-corrected chi connectivity index (χ3v) is 3.61. The minimum Gasteiger partial charge on any atom is -0.383 e. The first-order valence-corrected chi connectivity index (χ1v) is 7.25. The fourth-order valence-corrected chi connectivity index (χ4v) is 2.41. The summed E-state index contributed by atoms with van der Waals surface area (Å²) in [7, 11) is -4.05. The van der Waals surface area contributed by atoms with Crippen LogP contribution in [0.1, 0.15) is 16.8 Å². The molecule has 2 rings (SSSR count). The van der Waals surface area contributed by atoms with Gasteiger partial charge in [-0.2, -0.15) is 13.5 Å².